The van der Waals surface area contributed by atoms with Gasteiger partial charge in [-0.3, -0.25) is 0 Å². The molecule has 1 aromatic heterocycles. The summed E-state index contributed by atoms with van der Waals surface area (Å²) in [6.07, 6.45) is 2.44. The lowest BCUT2D eigenvalue weighted by Gasteiger charge is -2.15. The van der Waals surface area contributed by atoms with Gasteiger partial charge >= 0.3 is 0 Å². The maximum absolute atomic E-state index is 4.64. The fourth-order valence-corrected chi connectivity index (χ4v) is 2.02. The van der Waals surface area contributed by atoms with E-state index in [4.69, 9.17) is 0 Å². The van der Waals surface area contributed by atoms with Gasteiger partial charge in [-0.1, -0.05) is 46.6 Å². The van der Waals surface area contributed by atoms with Crippen LogP contribution >= 0.6 is 0 Å². The molecule has 1 heterocycles. The van der Waals surface area contributed by atoms with E-state index < -0.39 is 0 Å². The number of nitrogens with one attached hydrogen (secondary N) is 2. The lowest BCUT2D eigenvalue weighted by atomic mass is 10.0. The second kappa shape index (κ2) is 8.16. The maximum atomic E-state index is 4.64. The van der Waals surface area contributed by atoms with Crippen LogP contribution in [0.5, 0.6) is 0 Å². The highest BCUT2D eigenvalue weighted by molar-refractivity contribution is 5.38. The predicted octanol–water partition coefficient (Wildman–Crippen LogP) is 3.74. The fourth-order valence-electron chi connectivity index (χ4n) is 2.02. The van der Waals surface area contributed by atoms with Crippen molar-refractivity contribution in [2.75, 3.05) is 11.9 Å². The first-order valence-corrected chi connectivity index (χ1v) is 7.50. The van der Waals surface area contributed by atoms with Gasteiger partial charge in [0.25, 0.3) is 0 Å². The molecule has 0 bridgehead atoms. The number of hydrogen-bond acceptors (Lipinski definition) is 3. The van der Waals surface area contributed by atoms with Gasteiger partial charge in [-0.15, -0.1) is 0 Å². The fraction of sp³-hybridized carbons (Fsp3) is 0.688. The zero-order valence-corrected chi connectivity index (χ0v) is 13.1. The minimum atomic E-state index is 0.507. The maximum Gasteiger partial charge on any atom is 0.126 e. The highest BCUT2D eigenvalue weighted by Gasteiger charge is 2.05. The molecule has 0 aliphatic rings. The third kappa shape index (κ3) is 5.60. The van der Waals surface area contributed by atoms with Crippen molar-refractivity contribution < 1.29 is 0 Å². The molecule has 0 aliphatic carbocycles. The monoisotopic (exact) mass is 263 g/mol. The molecule has 108 valence electrons. The van der Waals surface area contributed by atoms with E-state index in [9.17, 15) is 0 Å². The number of pyridine rings is 1. The Morgan fingerprint density at radius 2 is 1.84 bits per heavy atom. The number of rotatable bonds is 8. The normalized spacial score (nSPS) is 11.3. The Hall–Kier alpha value is -1.09. The molecule has 0 fully saturated rings. The van der Waals surface area contributed by atoms with Crippen LogP contribution in [0.1, 0.15) is 51.8 Å². The standard InChI is InChI=1S/C16H29N3/c1-6-14(7-2)10-18-16-9-8-15(13(5)19-16)11-17-12(3)4/h8-9,12,14,17H,6-7,10-11H2,1-5H3,(H,18,19). The van der Waals surface area contributed by atoms with Gasteiger partial charge in [0, 0.05) is 24.8 Å². The summed E-state index contributed by atoms with van der Waals surface area (Å²) in [5.74, 6) is 1.74. The summed E-state index contributed by atoms with van der Waals surface area (Å²) in [6, 6.07) is 4.77. The Morgan fingerprint density at radius 3 is 2.37 bits per heavy atom. The van der Waals surface area contributed by atoms with Crippen molar-refractivity contribution in [2.45, 2.75) is 60.0 Å². The Morgan fingerprint density at radius 1 is 1.16 bits per heavy atom. The van der Waals surface area contributed by atoms with E-state index in [0.29, 0.717) is 6.04 Å². The van der Waals surface area contributed by atoms with Gasteiger partial charge in [0.05, 0.1) is 0 Å². The van der Waals surface area contributed by atoms with Gasteiger partial charge in [-0.05, 0) is 24.5 Å². The molecule has 1 rings (SSSR count). The second-order valence-electron chi connectivity index (χ2n) is 5.54. The molecule has 19 heavy (non-hydrogen) atoms. The number of hydrogen-bond donors (Lipinski definition) is 2. The van der Waals surface area contributed by atoms with Gasteiger partial charge in [0.1, 0.15) is 5.82 Å². The summed E-state index contributed by atoms with van der Waals surface area (Å²) in [7, 11) is 0. The summed E-state index contributed by atoms with van der Waals surface area (Å²) in [4.78, 5) is 4.64. The number of nitrogens with zero attached hydrogens (tertiary/aromatic N) is 1. The van der Waals surface area contributed by atoms with Crippen molar-refractivity contribution in [3.63, 3.8) is 0 Å². The van der Waals surface area contributed by atoms with Crippen LogP contribution in [0, 0.1) is 12.8 Å². The van der Waals surface area contributed by atoms with E-state index in [2.05, 4.69) is 62.4 Å². The van der Waals surface area contributed by atoms with Gasteiger partial charge in [-0.25, -0.2) is 4.98 Å². The topological polar surface area (TPSA) is 37.0 Å². The average molecular weight is 263 g/mol. The van der Waals surface area contributed by atoms with Crippen molar-refractivity contribution in [1.29, 1.82) is 0 Å². The van der Waals surface area contributed by atoms with Crippen LogP contribution in [-0.4, -0.2) is 17.6 Å². The molecule has 0 aromatic carbocycles. The van der Waals surface area contributed by atoms with E-state index in [1.807, 2.05) is 0 Å². The minimum Gasteiger partial charge on any atom is -0.370 e. The minimum absolute atomic E-state index is 0.507. The van der Waals surface area contributed by atoms with Crippen molar-refractivity contribution in [3.8, 4) is 0 Å². The van der Waals surface area contributed by atoms with E-state index in [1.165, 1.54) is 18.4 Å². The first-order valence-electron chi connectivity index (χ1n) is 7.50. The third-order valence-electron chi connectivity index (χ3n) is 3.62. The SMILES string of the molecule is CCC(CC)CNc1ccc(CNC(C)C)c(C)n1. The van der Waals surface area contributed by atoms with Crippen molar-refractivity contribution >= 4 is 5.82 Å². The molecule has 2 N–H and O–H groups in total. The largest absolute Gasteiger partial charge is 0.370 e. The van der Waals surface area contributed by atoms with Crippen molar-refractivity contribution in [1.82, 2.24) is 10.3 Å². The van der Waals surface area contributed by atoms with E-state index in [0.717, 1.165) is 30.5 Å². The molecular formula is C16H29N3. The molecule has 3 heteroatoms. The zero-order chi connectivity index (χ0) is 14.3. The first kappa shape index (κ1) is 16.0. The van der Waals surface area contributed by atoms with Crippen LogP contribution in [-0.2, 0) is 6.54 Å². The Bertz CT molecular complexity index is 370. The lowest BCUT2D eigenvalue weighted by molar-refractivity contribution is 0.518. The highest BCUT2D eigenvalue weighted by Crippen LogP contribution is 2.13. The zero-order valence-electron chi connectivity index (χ0n) is 13.1. The number of aryl methyl sites for hydroxylation is 1. The number of anilines is 1. The summed E-state index contributed by atoms with van der Waals surface area (Å²) in [5, 5.41) is 6.88. The molecule has 3 nitrogen and oxygen atoms in total. The van der Waals surface area contributed by atoms with Crippen LogP contribution in [0.25, 0.3) is 0 Å². The Balaban J connectivity index is 2.56. The van der Waals surface area contributed by atoms with Crippen LogP contribution < -0.4 is 10.6 Å². The molecule has 0 saturated heterocycles. The second-order valence-corrected chi connectivity index (χ2v) is 5.54. The Kier molecular flexibility index (Phi) is 6.85. The Labute approximate surface area is 118 Å². The summed E-state index contributed by atoms with van der Waals surface area (Å²) >= 11 is 0. The predicted molar refractivity (Wildman–Crippen MR) is 83.5 cm³/mol. The van der Waals surface area contributed by atoms with Gasteiger partial charge in [0.15, 0.2) is 0 Å². The number of aromatic nitrogens is 1. The molecular weight excluding hydrogens is 234 g/mol. The molecule has 0 aliphatic heterocycles. The van der Waals surface area contributed by atoms with Crippen LogP contribution in [0.2, 0.25) is 0 Å². The van der Waals surface area contributed by atoms with E-state index in [-0.39, 0.29) is 0 Å². The van der Waals surface area contributed by atoms with Crippen molar-refractivity contribution in [3.05, 3.63) is 23.4 Å². The van der Waals surface area contributed by atoms with E-state index >= 15 is 0 Å². The molecule has 1 aromatic rings. The molecule has 0 atom stereocenters. The summed E-state index contributed by atoms with van der Waals surface area (Å²) in [6.45, 7) is 12.8. The first-order chi connectivity index (χ1) is 9.06. The third-order valence-corrected chi connectivity index (χ3v) is 3.62. The van der Waals surface area contributed by atoms with Gasteiger partial charge in [-0.2, -0.15) is 0 Å². The molecule has 0 saturated carbocycles. The van der Waals surface area contributed by atoms with Crippen LogP contribution in [0.4, 0.5) is 5.82 Å². The average Bonchev–Trinajstić information content (AvgIpc) is 2.38. The highest BCUT2D eigenvalue weighted by atomic mass is 15.0. The lowest BCUT2D eigenvalue weighted by Crippen LogP contribution is -2.22. The van der Waals surface area contributed by atoms with Gasteiger partial charge < -0.3 is 10.6 Å². The summed E-state index contributed by atoms with van der Waals surface area (Å²) < 4.78 is 0. The summed E-state index contributed by atoms with van der Waals surface area (Å²) in [5.41, 5.74) is 2.39. The molecule has 0 spiro atoms. The van der Waals surface area contributed by atoms with Crippen LogP contribution in [0.15, 0.2) is 12.1 Å². The molecule has 0 amide bonds. The van der Waals surface area contributed by atoms with Crippen molar-refractivity contribution in [2.24, 2.45) is 5.92 Å². The van der Waals surface area contributed by atoms with E-state index in [1.54, 1.807) is 0 Å². The quantitative estimate of drug-likeness (QED) is 0.750. The van der Waals surface area contributed by atoms with Gasteiger partial charge in [0.2, 0.25) is 0 Å². The smallest absolute Gasteiger partial charge is 0.126 e. The molecule has 0 unspecified atom stereocenters. The van der Waals surface area contributed by atoms with Crippen LogP contribution in [0.3, 0.4) is 0 Å². The molecule has 0 radical (unpaired) electrons.